The number of fused-ring (bicyclic) bond motifs is 2. The van der Waals surface area contributed by atoms with Gasteiger partial charge in [-0.1, -0.05) is 53.8 Å². The van der Waals surface area contributed by atoms with Crippen molar-refractivity contribution < 1.29 is 4.57 Å². The molecule has 4 aromatic rings. The molecule has 1 nitrogen and oxygen atoms in total. The molecule has 3 aromatic carbocycles. The summed E-state index contributed by atoms with van der Waals surface area (Å²) < 4.78 is 3.60. The minimum atomic E-state index is 1.25. The topological polar surface area (TPSA) is 3.88 Å². The molecule has 0 atom stereocenters. The van der Waals surface area contributed by atoms with E-state index in [9.17, 15) is 0 Å². The van der Waals surface area contributed by atoms with Gasteiger partial charge in [0, 0.05) is 12.1 Å². The van der Waals surface area contributed by atoms with Gasteiger partial charge in [0.15, 0.2) is 0 Å². The van der Waals surface area contributed by atoms with Crippen molar-refractivity contribution in [2.45, 2.75) is 0 Å². The zero-order valence-electron chi connectivity index (χ0n) is 10.3. The maximum atomic E-state index is 2.28. The predicted octanol–water partition coefficient (Wildman–Crippen LogP) is 4.33. The van der Waals surface area contributed by atoms with Gasteiger partial charge in [0.25, 0.3) is 0 Å². The van der Waals surface area contributed by atoms with Crippen molar-refractivity contribution in [1.29, 1.82) is 0 Å². The number of para-hydroxylation sites is 1. The van der Waals surface area contributed by atoms with Gasteiger partial charge in [-0.2, -0.15) is 0 Å². The number of hydrogen-bond acceptors (Lipinski definition) is 1. The van der Waals surface area contributed by atoms with E-state index in [4.69, 9.17) is 0 Å². The number of aromatic nitrogens is 1. The molecule has 0 aliphatic heterocycles. The quantitative estimate of drug-likeness (QED) is 0.449. The maximum Gasteiger partial charge on any atom is 0.231 e. The van der Waals surface area contributed by atoms with Crippen LogP contribution < -0.4 is 4.57 Å². The van der Waals surface area contributed by atoms with Crippen LogP contribution in [0.3, 0.4) is 0 Å². The number of rotatable bonds is 1. The van der Waals surface area contributed by atoms with E-state index >= 15 is 0 Å². The molecular weight excluding hydrogens is 250 g/mol. The number of thiazole rings is 1. The highest BCUT2D eigenvalue weighted by Gasteiger charge is 2.16. The first-order valence-electron chi connectivity index (χ1n) is 6.29. The van der Waals surface area contributed by atoms with E-state index in [0.717, 1.165) is 0 Å². The normalized spacial score (nSPS) is 11.2. The lowest BCUT2D eigenvalue weighted by atomic mass is 10.1. The summed E-state index contributed by atoms with van der Waals surface area (Å²) in [5.41, 5.74) is 4.70. The Morgan fingerprint density at radius 2 is 1.53 bits per heavy atom. The smallest absolute Gasteiger partial charge is 0.149 e. The molecule has 0 saturated heterocycles. The van der Waals surface area contributed by atoms with Crippen LogP contribution in [0.2, 0.25) is 0 Å². The second kappa shape index (κ2) is 4.18. The monoisotopic (exact) mass is 262 g/mol. The SMILES string of the molecule is c1ccc2c(-[n+]3csc4ccccc43)cccc2c1. The molecule has 0 aliphatic carbocycles. The van der Waals surface area contributed by atoms with Crippen molar-refractivity contribution in [2.24, 2.45) is 0 Å². The van der Waals surface area contributed by atoms with Gasteiger partial charge < -0.3 is 0 Å². The van der Waals surface area contributed by atoms with Gasteiger partial charge in [0.2, 0.25) is 16.7 Å². The first kappa shape index (κ1) is 10.7. The van der Waals surface area contributed by atoms with Crippen LogP contribution in [0.15, 0.2) is 72.2 Å². The average molecular weight is 262 g/mol. The number of hydrogen-bond donors (Lipinski definition) is 0. The van der Waals surface area contributed by atoms with E-state index in [1.165, 1.54) is 26.7 Å². The Morgan fingerprint density at radius 3 is 2.53 bits per heavy atom. The Kier molecular flexibility index (Phi) is 2.35. The average Bonchev–Trinajstić information content (AvgIpc) is 2.90. The summed E-state index contributed by atoms with van der Waals surface area (Å²) in [7, 11) is 0. The fourth-order valence-electron chi connectivity index (χ4n) is 2.53. The minimum absolute atomic E-state index is 1.25. The third kappa shape index (κ3) is 1.65. The molecule has 0 bridgehead atoms. The Morgan fingerprint density at radius 1 is 0.737 bits per heavy atom. The Balaban J connectivity index is 2.10. The Labute approximate surface area is 115 Å². The van der Waals surface area contributed by atoms with Crippen LogP contribution in [0.4, 0.5) is 0 Å². The fraction of sp³-hybridized carbons (Fsp3) is 0. The van der Waals surface area contributed by atoms with Crippen molar-refractivity contribution in [3.05, 3.63) is 72.2 Å². The summed E-state index contributed by atoms with van der Waals surface area (Å²) in [5, 5.41) is 2.57. The summed E-state index contributed by atoms with van der Waals surface area (Å²) in [4.78, 5) is 0. The molecule has 0 radical (unpaired) electrons. The summed E-state index contributed by atoms with van der Waals surface area (Å²) in [6.45, 7) is 0. The molecule has 4 rings (SSSR count). The van der Waals surface area contributed by atoms with E-state index in [1.54, 1.807) is 11.3 Å². The van der Waals surface area contributed by atoms with Crippen LogP contribution in [0.5, 0.6) is 0 Å². The molecular formula is C17H12NS+. The Bertz CT molecular complexity index is 871. The summed E-state index contributed by atoms with van der Waals surface area (Å²) in [6, 6.07) is 23.5. The first-order chi connectivity index (χ1) is 9.43. The zero-order chi connectivity index (χ0) is 12.7. The molecule has 1 aromatic heterocycles. The number of nitrogens with zero attached hydrogens (tertiary/aromatic N) is 1. The molecule has 0 unspecified atom stereocenters. The maximum absolute atomic E-state index is 2.28. The molecule has 0 saturated carbocycles. The third-order valence-corrected chi connectivity index (χ3v) is 4.35. The van der Waals surface area contributed by atoms with Crippen LogP contribution in [-0.4, -0.2) is 0 Å². The van der Waals surface area contributed by atoms with Gasteiger partial charge >= 0.3 is 0 Å². The molecule has 2 heteroatoms. The van der Waals surface area contributed by atoms with Crippen LogP contribution in [0, 0.1) is 0 Å². The second-order valence-corrected chi connectivity index (χ2v) is 5.45. The van der Waals surface area contributed by atoms with E-state index in [-0.39, 0.29) is 0 Å². The summed E-state index contributed by atoms with van der Waals surface area (Å²) >= 11 is 1.78. The van der Waals surface area contributed by atoms with Crippen LogP contribution in [0.25, 0.3) is 26.7 Å². The predicted molar refractivity (Wildman–Crippen MR) is 80.9 cm³/mol. The van der Waals surface area contributed by atoms with Crippen LogP contribution in [-0.2, 0) is 0 Å². The molecule has 0 aliphatic rings. The van der Waals surface area contributed by atoms with Crippen molar-refractivity contribution in [3.63, 3.8) is 0 Å². The fourth-order valence-corrected chi connectivity index (χ4v) is 3.42. The van der Waals surface area contributed by atoms with Gasteiger partial charge in [-0.3, -0.25) is 0 Å². The van der Waals surface area contributed by atoms with Crippen LogP contribution in [0.1, 0.15) is 0 Å². The lowest BCUT2D eigenvalue weighted by molar-refractivity contribution is -0.560. The van der Waals surface area contributed by atoms with Gasteiger partial charge in [-0.25, -0.2) is 0 Å². The van der Waals surface area contributed by atoms with Crippen molar-refractivity contribution in [2.75, 3.05) is 0 Å². The van der Waals surface area contributed by atoms with Crippen LogP contribution >= 0.6 is 11.3 Å². The second-order valence-electron chi connectivity index (χ2n) is 4.56. The Hall–Kier alpha value is -2.19. The standard InChI is InChI=1S/C17H12NS/c1-2-8-14-13(6-1)7-5-10-15(14)18-12-19-17-11-4-3-9-16(17)18/h1-12H/q+1. The van der Waals surface area contributed by atoms with Gasteiger partial charge in [-0.05, 0) is 17.5 Å². The molecule has 90 valence electrons. The molecule has 1 heterocycles. The highest BCUT2D eigenvalue weighted by molar-refractivity contribution is 7.16. The van der Waals surface area contributed by atoms with Gasteiger partial charge in [-0.15, -0.1) is 4.57 Å². The number of benzene rings is 3. The van der Waals surface area contributed by atoms with E-state index < -0.39 is 0 Å². The van der Waals surface area contributed by atoms with E-state index in [2.05, 4.69) is 76.8 Å². The lowest BCUT2D eigenvalue weighted by Gasteiger charge is -2.00. The van der Waals surface area contributed by atoms with Crippen molar-refractivity contribution in [3.8, 4) is 5.69 Å². The van der Waals surface area contributed by atoms with Gasteiger partial charge in [0.1, 0.15) is 4.70 Å². The zero-order valence-corrected chi connectivity index (χ0v) is 11.1. The molecule has 0 amide bonds. The molecule has 0 N–H and O–H groups in total. The lowest BCUT2D eigenvalue weighted by Crippen LogP contribution is -2.28. The van der Waals surface area contributed by atoms with E-state index in [0.29, 0.717) is 0 Å². The largest absolute Gasteiger partial charge is 0.231 e. The third-order valence-electron chi connectivity index (χ3n) is 3.44. The molecule has 0 spiro atoms. The van der Waals surface area contributed by atoms with E-state index in [1.807, 2.05) is 0 Å². The molecule has 19 heavy (non-hydrogen) atoms. The minimum Gasteiger partial charge on any atom is -0.149 e. The highest BCUT2D eigenvalue weighted by Crippen LogP contribution is 2.22. The first-order valence-corrected chi connectivity index (χ1v) is 7.17. The summed E-state index contributed by atoms with van der Waals surface area (Å²) in [5.74, 6) is 0. The van der Waals surface area contributed by atoms with Crippen molar-refractivity contribution >= 4 is 32.3 Å². The van der Waals surface area contributed by atoms with Gasteiger partial charge in [0.05, 0.1) is 5.39 Å². The summed E-state index contributed by atoms with van der Waals surface area (Å²) in [6.07, 6.45) is 0. The van der Waals surface area contributed by atoms with Crippen molar-refractivity contribution in [1.82, 2.24) is 0 Å². The highest BCUT2D eigenvalue weighted by atomic mass is 32.1. The molecule has 0 fully saturated rings.